The van der Waals surface area contributed by atoms with Gasteiger partial charge in [-0.3, -0.25) is 0 Å². The number of nitrogens with one attached hydrogen (secondary N) is 1. The summed E-state index contributed by atoms with van der Waals surface area (Å²) in [7, 11) is 0. The number of anilines is 1. The summed E-state index contributed by atoms with van der Waals surface area (Å²) >= 11 is 0. The molecular weight excluding hydrogens is 190 g/mol. The zero-order valence-electron chi connectivity index (χ0n) is 7.90. The van der Waals surface area contributed by atoms with Gasteiger partial charge in [0.15, 0.2) is 11.4 Å². The molecule has 0 radical (unpaired) electrons. The Kier molecular flexibility index (Phi) is 1.63. The molecule has 74 valence electrons. The lowest BCUT2D eigenvalue weighted by Crippen LogP contribution is -2.08. The second kappa shape index (κ2) is 2.96. The number of hydrogen-bond acceptors (Lipinski definition) is 4. The van der Waals surface area contributed by atoms with E-state index in [0.29, 0.717) is 11.4 Å². The first-order valence-corrected chi connectivity index (χ1v) is 4.63. The topological polar surface area (TPSA) is 64.1 Å². The summed E-state index contributed by atoms with van der Waals surface area (Å²) in [6.07, 6.45) is 1.71. The zero-order chi connectivity index (χ0) is 10.3. The largest absolute Gasteiger partial charge is 0.452 e. The fourth-order valence-corrected chi connectivity index (χ4v) is 1.75. The van der Waals surface area contributed by atoms with Crippen molar-refractivity contribution in [3.63, 3.8) is 0 Å². The van der Waals surface area contributed by atoms with Crippen molar-refractivity contribution in [2.45, 2.75) is 0 Å². The molecule has 0 amide bonds. The number of pyridine rings is 1. The smallest absolute Gasteiger partial charge is 0.184 e. The molecule has 3 rings (SSSR count). The number of hydrogen-bond donors (Lipinski definition) is 2. The quantitative estimate of drug-likeness (QED) is 0.466. The van der Waals surface area contributed by atoms with E-state index in [2.05, 4.69) is 10.4 Å². The molecule has 0 aliphatic carbocycles. The van der Waals surface area contributed by atoms with Crippen molar-refractivity contribution < 1.29 is 4.42 Å². The summed E-state index contributed by atoms with van der Waals surface area (Å²) in [5.74, 6) is 5.92. The van der Waals surface area contributed by atoms with E-state index in [1.807, 2.05) is 30.3 Å². The van der Waals surface area contributed by atoms with Gasteiger partial charge in [0, 0.05) is 17.0 Å². The Morgan fingerprint density at radius 2 is 2.00 bits per heavy atom. The van der Waals surface area contributed by atoms with Crippen LogP contribution < -0.4 is 11.3 Å². The Hall–Kier alpha value is -2.07. The van der Waals surface area contributed by atoms with E-state index in [4.69, 9.17) is 10.3 Å². The first-order chi connectivity index (χ1) is 7.40. The van der Waals surface area contributed by atoms with Gasteiger partial charge in [-0.1, -0.05) is 18.2 Å². The minimum atomic E-state index is 0.559. The molecule has 0 spiro atoms. The van der Waals surface area contributed by atoms with Crippen LogP contribution in [-0.4, -0.2) is 4.98 Å². The van der Waals surface area contributed by atoms with Crippen LogP contribution >= 0.6 is 0 Å². The SMILES string of the molecule is NNc1nccc2c1oc1ccccc12. The average molecular weight is 199 g/mol. The highest BCUT2D eigenvalue weighted by atomic mass is 16.3. The van der Waals surface area contributed by atoms with Gasteiger partial charge in [-0.2, -0.15) is 0 Å². The van der Waals surface area contributed by atoms with Crippen molar-refractivity contribution >= 4 is 27.8 Å². The number of furan rings is 1. The van der Waals surface area contributed by atoms with E-state index in [1.165, 1.54) is 0 Å². The monoisotopic (exact) mass is 199 g/mol. The number of nitrogens with two attached hydrogens (primary N) is 1. The Balaban J connectivity index is 2.53. The number of fused-ring (bicyclic) bond motifs is 3. The fourth-order valence-electron chi connectivity index (χ4n) is 1.75. The third-order valence-electron chi connectivity index (χ3n) is 2.43. The number of para-hydroxylation sites is 1. The molecule has 0 fully saturated rings. The molecule has 2 aromatic heterocycles. The van der Waals surface area contributed by atoms with Crippen molar-refractivity contribution in [2.75, 3.05) is 5.43 Å². The molecular formula is C11H9N3O. The average Bonchev–Trinajstić information content (AvgIpc) is 2.67. The summed E-state index contributed by atoms with van der Waals surface area (Å²) < 4.78 is 5.67. The molecule has 0 aliphatic heterocycles. The van der Waals surface area contributed by atoms with Crippen LogP contribution in [0.1, 0.15) is 0 Å². The van der Waals surface area contributed by atoms with Gasteiger partial charge in [0.1, 0.15) is 5.58 Å². The fraction of sp³-hybridized carbons (Fsp3) is 0. The minimum absolute atomic E-state index is 0.559. The molecule has 4 heteroatoms. The van der Waals surface area contributed by atoms with Crippen LogP contribution in [0.4, 0.5) is 5.82 Å². The molecule has 1 aromatic carbocycles. The van der Waals surface area contributed by atoms with Crippen molar-refractivity contribution in [1.82, 2.24) is 4.98 Å². The maximum absolute atomic E-state index is 5.67. The predicted molar refractivity (Wildman–Crippen MR) is 59.3 cm³/mol. The van der Waals surface area contributed by atoms with Crippen LogP contribution in [0, 0.1) is 0 Å². The molecule has 4 nitrogen and oxygen atoms in total. The maximum atomic E-state index is 5.67. The van der Waals surface area contributed by atoms with Crippen LogP contribution in [0.5, 0.6) is 0 Å². The predicted octanol–water partition coefficient (Wildman–Crippen LogP) is 2.27. The molecule has 0 bridgehead atoms. The molecule has 0 unspecified atom stereocenters. The molecule has 2 heterocycles. The van der Waals surface area contributed by atoms with Gasteiger partial charge in [0.05, 0.1) is 0 Å². The van der Waals surface area contributed by atoms with Crippen LogP contribution in [-0.2, 0) is 0 Å². The van der Waals surface area contributed by atoms with E-state index >= 15 is 0 Å². The molecule has 3 N–H and O–H groups in total. The lowest BCUT2D eigenvalue weighted by Gasteiger charge is -1.97. The third kappa shape index (κ3) is 1.08. The van der Waals surface area contributed by atoms with E-state index in [1.54, 1.807) is 6.20 Å². The Bertz CT molecular complexity index is 630. The number of nitrogens with zero attached hydrogens (tertiary/aromatic N) is 1. The first-order valence-electron chi connectivity index (χ1n) is 4.63. The van der Waals surface area contributed by atoms with Gasteiger partial charge in [0.25, 0.3) is 0 Å². The highest BCUT2D eigenvalue weighted by molar-refractivity contribution is 6.07. The summed E-state index contributed by atoms with van der Waals surface area (Å²) in [6.45, 7) is 0. The lowest BCUT2D eigenvalue weighted by atomic mass is 10.2. The first kappa shape index (κ1) is 8.26. The molecule has 0 atom stereocenters. The van der Waals surface area contributed by atoms with Gasteiger partial charge in [-0.05, 0) is 12.1 Å². The molecule has 3 aromatic rings. The van der Waals surface area contributed by atoms with Crippen molar-refractivity contribution in [3.05, 3.63) is 36.5 Å². The van der Waals surface area contributed by atoms with Crippen LogP contribution in [0.3, 0.4) is 0 Å². The van der Waals surface area contributed by atoms with Gasteiger partial charge in [0.2, 0.25) is 0 Å². The number of aromatic nitrogens is 1. The standard InChI is InChI=1S/C11H9N3O/c12-14-11-10-8(5-6-13-11)7-3-1-2-4-9(7)15-10/h1-6H,12H2,(H,13,14). The highest BCUT2D eigenvalue weighted by Gasteiger charge is 2.09. The van der Waals surface area contributed by atoms with Crippen molar-refractivity contribution in [1.29, 1.82) is 0 Å². The van der Waals surface area contributed by atoms with E-state index in [0.717, 1.165) is 16.4 Å². The highest BCUT2D eigenvalue weighted by Crippen LogP contribution is 2.31. The summed E-state index contributed by atoms with van der Waals surface area (Å²) in [4.78, 5) is 4.09. The normalized spacial score (nSPS) is 11.0. The molecule has 15 heavy (non-hydrogen) atoms. The van der Waals surface area contributed by atoms with Crippen LogP contribution in [0.25, 0.3) is 21.9 Å². The summed E-state index contributed by atoms with van der Waals surface area (Å²) in [5.41, 5.74) is 4.07. The Morgan fingerprint density at radius 1 is 1.13 bits per heavy atom. The van der Waals surface area contributed by atoms with Gasteiger partial charge < -0.3 is 9.84 Å². The summed E-state index contributed by atoms with van der Waals surface area (Å²) in [6, 6.07) is 9.78. The number of nitrogen functional groups attached to an aromatic ring is 1. The molecule has 0 saturated heterocycles. The Morgan fingerprint density at radius 3 is 2.87 bits per heavy atom. The van der Waals surface area contributed by atoms with E-state index in [9.17, 15) is 0 Å². The Labute approximate surface area is 85.7 Å². The molecule has 0 aliphatic rings. The summed E-state index contributed by atoms with van der Waals surface area (Å²) in [5, 5.41) is 2.10. The number of rotatable bonds is 1. The van der Waals surface area contributed by atoms with Crippen molar-refractivity contribution in [3.8, 4) is 0 Å². The van der Waals surface area contributed by atoms with Gasteiger partial charge >= 0.3 is 0 Å². The van der Waals surface area contributed by atoms with Crippen LogP contribution in [0.15, 0.2) is 40.9 Å². The number of hydrazine groups is 1. The second-order valence-electron chi connectivity index (χ2n) is 3.28. The van der Waals surface area contributed by atoms with E-state index in [-0.39, 0.29) is 0 Å². The van der Waals surface area contributed by atoms with E-state index < -0.39 is 0 Å². The zero-order valence-corrected chi connectivity index (χ0v) is 7.90. The lowest BCUT2D eigenvalue weighted by molar-refractivity contribution is 0.668. The van der Waals surface area contributed by atoms with Crippen molar-refractivity contribution in [2.24, 2.45) is 5.84 Å². The molecule has 0 saturated carbocycles. The van der Waals surface area contributed by atoms with Crippen LogP contribution in [0.2, 0.25) is 0 Å². The van der Waals surface area contributed by atoms with Gasteiger partial charge in [-0.25, -0.2) is 10.8 Å². The minimum Gasteiger partial charge on any atom is -0.452 e. The number of benzene rings is 1. The van der Waals surface area contributed by atoms with Gasteiger partial charge in [-0.15, -0.1) is 0 Å². The maximum Gasteiger partial charge on any atom is 0.184 e. The third-order valence-corrected chi connectivity index (χ3v) is 2.43. The second-order valence-corrected chi connectivity index (χ2v) is 3.28.